The zero-order valence-corrected chi connectivity index (χ0v) is 18.5. The van der Waals surface area contributed by atoms with Crippen molar-refractivity contribution in [1.82, 2.24) is 4.90 Å². The monoisotopic (exact) mass is 472 g/mol. The first-order chi connectivity index (χ1) is 15.2. The highest BCUT2D eigenvalue weighted by molar-refractivity contribution is 8.16. The fourth-order valence-electron chi connectivity index (χ4n) is 2.95. The molecule has 32 heavy (non-hydrogen) atoms. The van der Waals surface area contributed by atoms with Crippen LogP contribution in [-0.2, 0) is 19.4 Å². The largest absolute Gasteiger partial charge is 0.462 e. The Kier molecular flexibility index (Phi) is 5.57. The highest BCUT2D eigenvalue weighted by atomic mass is 32.2. The molecule has 1 aromatic carbocycles. The number of ether oxygens (including phenoxy) is 1. The number of amidine groups is 3. The Morgan fingerprint density at radius 3 is 2.62 bits per heavy atom. The van der Waals surface area contributed by atoms with Gasteiger partial charge in [0.25, 0.3) is 5.91 Å². The number of carbonyl (C=O) groups is 2. The predicted molar refractivity (Wildman–Crippen MR) is 120 cm³/mol. The molecule has 1 N–H and O–H groups in total. The van der Waals surface area contributed by atoms with E-state index in [2.05, 4.69) is 9.39 Å². The van der Waals surface area contributed by atoms with Crippen molar-refractivity contribution in [2.75, 3.05) is 12.9 Å². The van der Waals surface area contributed by atoms with Crippen LogP contribution >= 0.6 is 11.9 Å². The molecule has 0 radical (unpaired) electrons. The quantitative estimate of drug-likeness (QED) is 0.407. The normalized spacial score (nSPS) is 17.3. The Morgan fingerprint density at radius 1 is 1.25 bits per heavy atom. The first kappa shape index (κ1) is 21.7. The second kappa shape index (κ2) is 8.20. The zero-order chi connectivity index (χ0) is 23.0. The van der Waals surface area contributed by atoms with Gasteiger partial charge in [-0.1, -0.05) is 12.1 Å². The third-order valence-corrected chi connectivity index (χ3v) is 6.17. The molecule has 0 spiro atoms. The minimum absolute atomic E-state index is 0.0133. The van der Waals surface area contributed by atoms with E-state index >= 15 is 0 Å². The molecule has 4 rings (SSSR count). The second-order valence-corrected chi connectivity index (χ2v) is 9.32. The second-order valence-electron chi connectivity index (χ2n) is 6.68. The molecule has 0 fully saturated rings. The number of aliphatic imine (C=N–C) groups is 1. The highest BCUT2D eigenvalue weighted by Gasteiger charge is 2.41. The van der Waals surface area contributed by atoms with E-state index in [1.165, 1.54) is 6.08 Å². The van der Waals surface area contributed by atoms with E-state index in [4.69, 9.17) is 14.6 Å². The molecule has 10 nitrogen and oxygen atoms in total. The molecule has 2 aliphatic rings. The SMILES string of the molecule is CCOC(=O)c1ccc(-c2ccc(/C=C3/C(=N)N4C(=NC3=O)SN=C4S(C)(=O)=O)o2)cc1. The van der Waals surface area contributed by atoms with E-state index in [1.54, 1.807) is 43.3 Å². The van der Waals surface area contributed by atoms with Crippen LogP contribution < -0.4 is 0 Å². The molecule has 1 amide bonds. The Balaban J connectivity index is 1.61. The molecule has 0 atom stereocenters. The molecule has 0 aliphatic carbocycles. The number of fused-ring (bicyclic) bond motifs is 1. The Morgan fingerprint density at radius 2 is 1.97 bits per heavy atom. The van der Waals surface area contributed by atoms with Gasteiger partial charge in [-0.2, -0.15) is 9.39 Å². The van der Waals surface area contributed by atoms with Crippen molar-refractivity contribution in [3.05, 3.63) is 53.3 Å². The van der Waals surface area contributed by atoms with Gasteiger partial charge >= 0.3 is 5.97 Å². The lowest BCUT2D eigenvalue weighted by atomic mass is 10.1. The molecule has 3 heterocycles. The number of sulfone groups is 1. The molecule has 0 saturated carbocycles. The van der Waals surface area contributed by atoms with E-state index < -0.39 is 21.7 Å². The van der Waals surface area contributed by atoms with Crippen molar-refractivity contribution in [3.8, 4) is 11.3 Å². The van der Waals surface area contributed by atoms with Crippen molar-refractivity contribution in [1.29, 1.82) is 5.41 Å². The van der Waals surface area contributed by atoms with Crippen molar-refractivity contribution in [3.63, 3.8) is 0 Å². The molecular formula is C20H16N4O6S2. The van der Waals surface area contributed by atoms with E-state index in [-0.39, 0.29) is 34.1 Å². The zero-order valence-electron chi connectivity index (χ0n) is 16.9. The summed E-state index contributed by atoms with van der Waals surface area (Å²) in [5.41, 5.74) is 0.966. The molecule has 2 aromatic rings. The molecular weight excluding hydrogens is 456 g/mol. The fraction of sp³-hybridized carbons (Fsp3) is 0.150. The first-order valence-corrected chi connectivity index (χ1v) is 11.9. The molecule has 0 unspecified atom stereocenters. The van der Waals surface area contributed by atoms with E-state index in [0.717, 1.165) is 23.1 Å². The van der Waals surface area contributed by atoms with Crippen LogP contribution in [-0.4, -0.2) is 54.2 Å². The lowest BCUT2D eigenvalue weighted by Gasteiger charge is -2.23. The molecule has 164 valence electrons. The lowest BCUT2D eigenvalue weighted by Crippen LogP contribution is -2.45. The summed E-state index contributed by atoms with van der Waals surface area (Å²) in [5, 5.41) is 8.00. The van der Waals surface area contributed by atoms with Gasteiger partial charge in [-0.05, 0) is 37.3 Å². The van der Waals surface area contributed by atoms with E-state index in [0.29, 0.717) is 16.9 Å². The number of esters is 1. The standard InChI is InChI=1S/C20H16N4O6S2/c1-3-29-18(26)12-6-4-11(5-7-12)15-9-8-13(30-15)10-14-16(21)24-19(22-17(14)25)31-23-20(24)32(2,27)28/h4-10,21H,3H2,1-2H3/b14-10-,21-16?. The number of nitrogens with one attached hydrogen (secondary N) is 1. The highest BCUT2D eigenvalue weighted by Crippen LogP contribution is 2.30. The smallest absolute Gasteiger partial charge is 0.338 e. The van der Waals surface area contributed by atoms with Gasteiger partial charge in [0.05, 0.1) is 29.7 Å². The number of furan rings is 1. The van der Waals surface area contributed by atoms with Crippen LogP contribution in [0.15, 0.2) is 55.8 Å². The topological polar surface area (TPSA) is 142 Å². The van der Waals surface area contributed by atoms with Gasteiger partial charge in [0, 0.05) is 11.8 Å². The summed E-state index contributed by atoms with van der Waals surface area (Å²) >= 11 is 0.724. The fourth-order valence-corrected chi connectivity index (χ4v) is 4.80. The Labute approximate surface area is 187 Å². The Hall–Kier alpha value is -3.51. The average molecular weight is 473 g/mol. The van der Waals surface area contributed by atoms with Gasteiger partial charge in [0.15, 0.2) is 0 Å². The van der Waals surface area contributed by atoms with Crippen LogP contribution in [0.1, 0.15) is 23.0 Å². The summed E-state index contributed by atoms with van der Waals surface area (Å²) in [5.74, 6) is -0.733. The van der Waals surface area contributed by atoms with Crippen LogP contribution in [0.4, 0.5) is 0 Å². The minimum atomic E-state index is -3.73. The van der Waals surface area contributed by atoms with Crippen LogP contribution in [0.3, 0.4) is 0 Å². The maximum absolute atomic E-state index is 12.4. The van der Waals surface area contributed by atoms with Gasteiger partial charge < -0.3 is 9.15 Å². The van der Waals surface area contributed by atoms with Crippen molar-refractivity contribution in [2.24, 2.45) is 9.39 Å². The predicted octanol–water partition coefficient (Wildman–Crippen LogP) is 2.74. The maximum atomic E-state index is 12.4. The summed E-state index contributed by atoms with van der Waals surface area (Å²) in [6.07, 6.45) is 2.29. The lowest BCUT2D eigenvalue weighted by molar-refractivity contribution is -0.114. The summed E-state index contributed by atoms with van der Waals surface area (Å²) in [6, 6.07) is 9.90. The number of rotatable bonds is 4. The van der Waals surface area contributed by atoms with Gasteiger partial charge in [0.1, 0.15) is 17.4 Å². The minimum Gasteiger partial charge on any atom is -0.462 e. The number of carbonyl (C=O) groups excluding carboxylic acids is 2. The molecule has 0 saturated heterocycles. The summed E-state index contributed by atoms with van der Waals surface area (Å²) in [6.45, 7) is 2.01. The third kappa shape index (κ3) is 4.01. The third-order valence-electron chi connectivity index (χ3n) is 4.42. The van der Waals surface area contributed by atoms with Crippen LogP contribution in [0.2, 0.25) is 0 Å². The van der Waals surface area contributed by atoms with Crippen LogP contribution in [0, 0.1) is 5.41 Å². The van der Waals surface area contributed by atoms with Gasteiger partial charge in [-0.3, -0.25) is 10.2 Å². The summed E-state index contributed by atoms with van der Waals surface area (Å²) in [4.78, 5) is 29.0. The molecule has 1 aromatic heterocycles. The van der Waals surface area contributed by atoms with Crippen molar-refractivity contribution < 1.29 is 27.2 Å². The van der Waals surface area contributed by atoms with E-state index in [1.807, 2.05) is 0 Å². The van der Waals surface area contributed by atoms with Crippen molar-refractivity contribution >= 4 is 55.9 Å². The van der Waals surface area contributed by atoms with Gasteiger partial charge in [0.2, 0.25) is 20.2 Å². The number of hydrogen-bond donors (Lipinski definition) is 1. The molecule has 2 aliphatic heterocycles. The molecule has 0 bridgehead atoms. The Bertz CT molecular complexity index is 1340. The van der Waals surface area contributed by atoms with Crippen molar-refractivity contribution in [2.45, 2.75) is 6.92 Å². The van der Waals surface area contributed by atoms with E-state index in [9.17, 15) is 18.0 Å². The number of benzene rings is 1. The van der Waals surface area contributed by atoms with Gasteiger partial charge in [-0.25, -0.2) is 18.1 Å². The first-order valence-electron chi connectivity index (χ1n) is 9.25. The summed E-state index contributed by atoms with van der Waals surface area (Å²) < 4.78 is 38.4. The van der Waals surface area contributed by atoms with Gasteiger partial charge in [-0.15, -0.1) is 0 Å². The number of nitrogens with zero attached hydrogens (tertiary/aromatic N) is 3. The maximum Gasteiger partial charge on any atom is 0.338 e. The summed E-state index contributed by atoms with van der Waals surface area (Å²) in [7, 11) is -3.73. The number of hydrogen-bond acceptors (Lipinski definition) is 9. The van der Waals surface area contributed by atoms with Crippen LogP contribution in [0.25, 0.3) is 17.4 Å². The average Bonchev–Trinajstić information content (AvgIpc) is 3.38. The molecule has 12 heteroatoms. The number of amides is 1. The van der Waals surface area contributed by atoms with Crippen LogP contribution in [0.5, 0.6) is 0 Å².